The van der Waals surface area contributed by atoms with Gasteiger partial charge in [-0.1, -0.05) is 6.07 Å². The highest BCUT2D eigenvalue weighted by molar-refractivity contribution is 7.98. The maximum absolute atomic E-state index is 12.7. The lowest BCUT2D eigenvalue weighted by Gasteiger charge is -2.16. The molecule has 2 nitrogen and oxygen atoms in total. The molecule has 1 aromatic heterocycles. The summed E-state index contributed by atoms with van der Waals surface area (Å²) in [6, 6.07) is 5.66. The van der Waals surface area contributed by atoms with Crippen LogP contribution in [0.2, 0.25) is 0 Å². The van der Waals surface area contributed by atoms with Crippen LogP contribution < -0.4 is 5.32 Å². The molecule has 1 unspecified atom stereocenters. The number of anilines is 1. The van der Waals surface area contributed by atoms with Gasteiger partial charge in [0, 0.05) is 29.1 Å². The average Bonchev–Trinajstić information content (AvgIpc) is 2.37. The standard InChI is InChI=1S/C14H15F3N2S/c1-9(8-20-2)19-12-5-6-18-13-7-10(14(15,16)17)3-4-11(12)13/h3-7,9H,8H2,1-2H3,(H,18,19). The van der Waals surface area contributed by atoms with E-state index >= 15 is 0 Å². The highest BCUT2D eigenvalue weighted by Crippen LogP contribution is 2.32. The number of nitrogens with one attached hydrogen (secondary N) is 1. The summed E-state index contributed by atoms with van der Waals surface area (Å²) < 4.78 is 38.0. The number of alkyl halides is 3. The second-order valence-corrected chi connectivity index (χ2v) is 5.50. The SMILES string of the molecule is CSCC(C)Nc1ccnc2cc(C(F)(F)F)ccc12. The Balaban J connectivity index is 2.38. The predicted molar refractivity (Wildman–Crippen MR) is 78.2 cm³/mol. The highest BCUT2D eigenvalue weighted by Gasteiger charge is 2.30. The number of nitrogens with zero attached hydrogens (tertiary/aromatic N) is 1. The van der Waals surface area contributed by atoms with Crippen LogP contribution in [0.1, 0.15) is 12.5 Å². The molecule has 0 amide bonds. The van der Waals surface area contributed by atoms with Gasteiger partial charge in [0.2, 0.25) is 0 Å². The molecule has 0 bridgehead atoms. The molecule has 0 aliphatic heterocycles. The number of hydrogen-bond donors (Lipinski definition) is 1. The minimum atomic E-state index is -4.34. The molecule has 0 aliphatic carbocycles. The molecule has 1 atom stereocenters. The Hall–Kier alpha value is -1.43. The highest BCUT2D eigenvalue weighted by atomic mass is 32.2. The molecular formula is C14H15F3N2S. The zero-order valence-electron chi connectivity index (χ0n) is 11.2. The Morgan fingerprint density at radius 3 is 2.70 bits per heavy atom. The Morgan fingerprint density at radius 2 is 2.05 bits per heavy atom. The van der Waals surface area contributed by atoms with Crippen LogP contribution in [-0.2, 0) is 6.18 Å². The largest absolute Gasteiger partial charge is 0.416 e. The first-order valence-corrected chi connectivity index (χ1v) is 7.52. The summed E-state index contributed by atoms with van der Waals surface area (Å²) in [5.74, 6) is 0.921. The Kier molecular flexibility index (Phi) is 4.42. The quantitative estimate of drug-likeness (QED) is 0.905. The number of fused-ring (bicyclic) bond motifs is 1. The van der Waals surface area contributed by atoms with Gasteiger partial charge in [-0.25, -0.2) is 0 Å². The minimum Gasteiger partial charge on any atom is -0.381 e. The van der Waals surface area contributed by atoms with Crippen LogP contribution in [0.25, 0.3) is 10.9 Å². The monoisotopic (exact) mass is 300 g/mol. The van der Waals surface area contributed by atoms with E-state index in [0.29, 0.717) is 10.9 Å². The van der Waals surface area contributed by atoms with Crippen molar-refractivity contribution in [3.8, 4) is 0 Å². The second kappa shape index (κ2) is 5.91. The molecule has 20 heavy (non-hydrogen) atoms. The Bertz CT molecular complexity index is 598. The predicted octanol–water partition coefficient (Wildman–Crippen LogP) is 4.42. The van der Waals surface area contributed by atoms with Gasteiger partial charge in [-0.3, -0.25) is 4.98 Å². The average molecular weight is 300 g/mol. The number of halogens is 3. The van der Waals surface area contributed by atoms with Crippen LogP contribution >= 0.6 is 11.8 Å². The number of pyridine rings is 1. The van der Waals surface area contributed by atoms with Gasteiger partial charge in [0.25, 0.3) is 0 Å². The maximum atomic E-state index is 12.7. The van der Waals surface area contributed by atoms with Gasteiger partial charge < -0.3 is 5.32 Å². The Labute approximate surface area is 119 Å². The molecule has 1 heterocycles. The first kappa shape index (κ1) is 15.0. The van der Waals surface area contributed by atoms with Crippen molar-refractivity contribution in [2.45, 2.75) is 19.1 Å². The molecule has 0 radical (unpaired) electrons. The number of thioether (sulfide) groups is 1. The van der Waals surface area contributed by atoms with Crippen LogP contribution in [0.4, 0.5) is 18.9 Å². The molecule has 0 saturated carbocycles. The second-order valence-electron chi connectivity index (χ2n) is 4.59. The third-order valence-electron chi connectivity index (χ3n) is 2.89. The molecule has 1 N–H and O–H groups in total. The van der Waals surface area contributed by atoms with E-state index in [-0.39, 0.29) is 6.04 Å². The van der Waals surface area contributed by atoms with E-state index in [0.717, 1.165) is 23.6 Å². The smallest absolute Gasteiger partial charge is 0.381 e. The topological polar surface area (TPSA) is 24.9 Å². The van der Waals surface area contributed by atoms with E-state index in [1.165, 1.54) is 12.3 Å². The van der Waals surface area contributed by atoms with Crippen LogP contribution in [0.15, 0.2) is 30.5 Å². The van der Waals surface area contributed by atoms with Crippen LogP contribution in [0.3, 0.4) is 0 Å². The van der Waals surface area contributed by atoms with Gasteiger partial charge in [-0.15, -0.1) is 0 Å². The van der Waals surface area contributed by atoms with E-state index in [9.17, 15) is 13.2 Å². The molecule has 2 rings (SSSR count). The van der Waals surface area contributed by atoms with E-state index in [1.807, 2.05) is 13.2 Å². The minimum absolute atomic E-state index is 0.234. The molecule has 1 aromatic carbocycles. The zero-order valence-corrected chi connectivity index (χ0v) is 12.0. The summed E-state index contributed by atoms with van der Waals surface area (Å²) in [6.07, 6.45) is -0.805. The number of aromatic nitrogens is 1. The summed E-state index contributed by atoms with van der Waals surface area (Å²) in [7, 11) is 0. The lowest BCUT2D eigenvalue weighted by atomic mass is 10.1. The summed E-state index contributed by atoms with van der Waals surface area (Å²) in [4.78, 5) is 4.02. The van der Waals surface area contributed by atoms with Gasteiger partial charge in [-0.05, 0) is 31.4 Å². The van der Waals surface area contributed by atoms with Crippen molar-refractivity contribution in [1.29, 1.82) is 0 Å². The summed E-state index contributed by atoms with van der Waals surface area (Å²) in [5.41, 5.74) is 0.485. The van der Waals surface area contributed by atoms with E-state index in [4.69, 9.17) is 0 Å². The summed E-state index contributed by atoms with van der Waals surface area (Å²) in [6.45, 7) is 2.03. The number of hydrogen-bond acceptors (Lipinski definition) is 3. The van der Waals surface area contributed by atoms with E-state index < -0.39 is 11.7 Å². The molecule has 0 aliphatic rings. The third kappa shape index (κ3) is 3.36. The molecule has 108 valence electrons. The van der Waals surface area contributed by atoms with Gasteiger partial charge in [0.05, 0.1) is 11.1 Å². The Morgan fingerprint density at radius 1 is 1.30 bits per heavy atom. The van der Waals surface area contributed by atoms with Crippen molar-refractivity contribution in [3.05, 3.63) is 36.0 Å². The molecule has 2 aromatic rings. The van der Waals surface area contributed by atoms with E-state index in [1.54, 1.807) is 17.8 Å². The first-order valence-electron chi connectivity index (χ1n) is 6.13. The van der Waals surface area contributed by atoms with Crippen molar-refractivity contribution in [1.82, 2.24) is 4.98 Å². The van der Waals surface area contributed by atoms with Crippen molar-refractivity contribution in [2.75, 3.05) is 17.3 Å². The molecule has 0 spiro atoms. The number of benzene rings is 1. The summed E-state index contributed by atoms with van der Waals surface area (Å²) >= 11 is 1.71. The van der Waals surface area contributed by atoms with Gasteiger partial charge in [0.1, 0.15) is 0 Å². The fourth-order valence-electron chi connectivity index (χ4n) is 2.01. The molecule has 0 fully saturated rings. The fraction of sp³-hybridized carbons (Fsp3) is 0.357. The molecule has 6 heteroatoms. The van der Waals surface area contributed by atoms with Gasteiger partial charge in [-0.2, -0.15) is 24.9 Å². The van der Waals surface area contributed by atoms with Crippen molar-refractivity contribution in [2.24, 2.45) is 0 Å². The fourth-order valence-corrected chi connectivity index (χ4v) is 2.59. The number of rotatable bonds is 4. The van der Waals surface area contributed by atoms with Crippen LogP contribution in [0, 0.1) is 0 Å². The first-order chi connectivity index (χ1) is 9.41. The maximum Gasteiger partial charge on any atom is 0.416 e. The lowest BCUT2D eigenvalue weighted by molar-refractivity contribution is -0.137. The summed E-state index contributed by atoms with van der Waals surface area (Å²) in [5, 5.41) is 4.00. The van der Waals surface area contributed by atoms with Gasteiger partial charge >= 0.3 is 6.18 Å². The molecule has 0 saturated heterocycles. The van der Waals surface area contributed by atoms with Crippen LogP contribution in [-0.4, -0.2) is 23.0 Å². The normalized spacial score (nSPS) is 13.4. The van der Waals surface area contributed by atoms with Crippen molar-refractivity contribution in [3.63, 3.8) is 0 Å². The van der Waals surface area contributed by atoms with Gasteiger partial charge in [0.15, 0.2) is 0 Å². The third-order valence-corrected chi connectivity index (χ3v) is 3.72. The molecular weight excluding hydrogens is 285 g/mol. The zero-order chi connectivity index (χ0) is 14.8. The lowest BCUT2D eigenvalue weighted by Crippen LogP contribution is -2.18. The van der Waals surface area contributed by atoms with Crippen LogP contribution in [0.5, 0.6) is 0 Å². The van der Waals surface area contributed by atoms with Crippen molar-refractivity contribution < 1.29 is 13.2 Å². The van der Waals surface area contributed by atoms with E-state index in [2.05, 4.69) is 10.3 Å². The van der Waals surface area contributed by atoms with Crippen molar-refractivity contribution >= 4 is 28.4 Å².